The van der Waals surface area contributed by atoms with Crippen LogP contribution in [0.2, 0.25) is 0 Å². The van der Waals surface area contributed by atoms with Crippen molar-refractivity contribution in [2.45, 2.75) is 32.8 Å². The fraction of sp³-hybridized carbons (Fsp3) is 0.357. The van der Waals surface area contributed by atoms with Gasteiger partial charge >= 0.3 is 0 Å². The molecule has 0 atom stereocenters. The third kappa shape index (κ3) is 5.72. The lowest BCUT2D eigenvalue weighted by atomic mass is 10.2. The van der Waals surface area contributed by atoms with E-state index < -0.39 is 0 Å². The van der Waals surface area contributed by atoms with Crippen molar-refractivity contribution in [3.63, 3.8) is 0 Å². The van der Waals surface area contributed by atoms with E-state index >= 15 is 0 Å². The highest BCUT2D eigenvalue weighted by Gasteiger charge is 2.21. The Labute approximate surface area is 216 Å². The summed E-state index contributed by atoms with van der Waals surface area (Å²) in [5.74, 6) is 1.29. The molecule has 0 aliphatic carbocycles. The lowest BCUT2D eigenvalue weighted by molar-refractivity contribution is 0.0659. The Kier molecular flexibility index (Phi) is 7.32. The van der Waals surface area contributed by atoms with E-state index in [2.05, 4.69) is 51.0 Å². The van der Waals surface area contributed by atoms with Gasteiger partial charge in [0.25, 0.3) is 5.91 Å². The van der Waals surface area contributed by atoms with Crippen LogP contribution in [0.5, 0.6) is 5.75 Å². The summed E-state index contributed by atoms with van der Waals surface area (Å²) in [4.78, 5) is 33.9. The van der Waals surface area contributed by atoms with Crippen molar-refractivity contribution in [3.05, 3.63) is 60.6 Å². The lowest BCUT2D eigenvalue weighted by Crippen LogP contribution is -2.47. The molecule has 0 unspecified atom stereocenters. The quantitative estimate of drug-likeness (QED) is 0.362. The summed E-state index contributed by atoms with van der Waals surface area (Å²) in [5, 5.41) is 4.23. The molecule has 0 spiro atoms. The molecular formula is C28H33N7O2. The number of rotatable bonds is 8. The maximum Gasteiger partial charge on any atom is 0.270 e. The van der Waals surface area contributed by atoms with Crippen molar-refractivity contribution in [2.24, 2.45) is 0 Å². The summed E-state index contributed by atoms with van der Waals surface area (Å²) in [6.07, 6.45) is 5.53. The number of hydrogen-bond acceptors (Lipinski definition) is 7. The molecule has 1 fully saturated rings. The van der Waals surface area contributed by atoms with Gasteiger partial charge in [-0.25, -0.2) is 9.97 Å². The van der Waals surface area contributed by atoms with E-state index in [1.54, 1.807) is 12.4 Å². The smallest absolute Gasteiger partial charge is 0.270 e. The molecule has 9 nitrogen and oxygen atoms in total. The molecule has 1 amide bonds. The summed E-state index contributed by atoms with van der Waals surface area (Å²) in [7, 11) is 2.08. The first-order valence-corrected chi connectivity index (χ1v) is 12.9. The summed E-state index contributed by atoms with van der Waals surface area (Å²) in [6, 6.07) is 13.4. The van der Waals surface area contributed by atoms with Crippen LogP contribution in [0.1, 0.15) is 37.2 Å². The molecule has 0 saturated carbocycles. The van der Waals surface area contributed by atoms with Crippen LogP contribution in [-0.4, -0.2) is 75.0 Å². The van der Waals surface area contributed by atoms with E-state index in [4.69, 9.17) is 4.74 Å². The van der Waals surface area contributed by atoms with E-state index in [0.717, 1.165) is 67.1 Å². The molecule has 4 heterocycles. The number of aromatic amines is 1. The van der Waals surface area contributed by atoms with Crippen molar-refractivity contribution >= 4 is 28.4 Å². The second-order valence-corrected chi connectivity index (χ2v) is 9.40. The maximum absolute atomic E-state index is 13.0. The molecule has 1 aliphatic rings. The number of benzene rings is 1. The van der Waals surface area contributed by atoms with Gasteiger partial charge in [0, 0.05) is 61.2 Å². The van der Waals surface area contributed by atoms with Crippen molar-refractivity contribution in [3.8, 4) is 17.1 Å². The van der Waals surface area contributed by atoms with Gasteiger partial charge in [0.2, 0.25) is 5.95 Å². The van der Waals surface area contributed by atoms with Crippen LogP contribution in [0, 0.1) is 0 Å². The van der Waals surface area contributed by atoms with E-state index in [0.29, 0.717) is 17.3 Å². The number of H-pyrrole nitrogens is 1. The largest absolute Gasteiger partial charge is 0.490 e. The molecule has 192 valence electrons. The highest BCUT2D eigenvalue weighted by Crippen LogP contribution is 2.25. The van der Waals surface area contributed by atoms with E-state index in [1.165, 1.54) is 0 Å². The molecule has 1 aromatic carbocycles. The van der Waals surface area contributed by atoms with Crippen molar-refractivity contribution in [1.29, 1.82) is 0 Å². The first kappa shape index (κ1) is 24.7. The number of nitrogens with one attached hydrogen (secondary N) is 2. The van der Waals surface area contributed by atoms with Crippen LogP contribution in [0.25, 0.3) is 22.3 Å². The third-order valence-corrected chi connectivity index (χ3v) is 6.76. The number of piperazine rings is 1. The summed E-state index contributed by atoms with van der Waals surface area (Å²) >= 11 is 0. The summed E-state index contributed by atoms with van der Waals surface area (Å²) in [5.41, 5.74) is 3.78. The zero-order valence-electron chi connectivity index (χ0n) is 21.6. The minimum absolute atomic E-state index is 0.0396. The Balaban J connectivity index is 1.31. The second kappa shape index (κ2) is 11.0. The van der Waals surface area contributed by atoms with Gasteiger partial charge in [0.1, 0.15) is 11.4 Å². The van der Waals surface area contributed by atoms with Crippen LogP contribution in [0.3, 0.4) is 0 Å². The lowest BCUT2D eigenvalue weighted by Gasteiger charge is -2.32. The van der Waals surface area contributed by atoms with Gasteiger partial charge in [-0.05, 0) is 56.3 Å². The van der Waals surface area contributed by atoms with Gasteiger partial charge in [0.15, 0.2) is 0 Å². The number of hydrogen-bond donors (Lipinski definition) is 2. The Morgan fingerprint density at radius 3 is 2.57 bits per heavy atom. The number of pyridine rings is 1. The predicted molar refractivity (Wildman–Crippen MR) is 145 cm³/mol. The predicted octanol–water partition coefficient (Wildman–Crippen LogP) is 4.72. The minimum Gasteiger partial charge on any atom is -0.490 e. The number of aromatic nitrogens is 4. The Morgan fingerprint density at radius 2 is 1.78 bits per heavy atom. The fourth-order valence-corrected chi connectivity index (χ4v) is 4.47. The number of fused-ring (bicyclic) bond motifs is 1. The molecule has 1 aliphatic heterocycles. The zero-order chi connectivity index (χ0) is 25.8. The summed E-state index contributed by atoms with van der Waals surface area (Å²) < 4.78 is 6.07. The Morgan fingerprint density at radius 1 is 1.00 bits per heavy atom. The highest BCUT2D eigenvalue weighted by molar-refractivity contribution is 5.98. The number of ether oxygens (including phenoxy) is 1. The minimum atomic E-state index is 0.0396. The second-order valence-electron chi connectivity index (χ2n) is 9.40. The Hall–Kier alpha value is -3.98. The van der Waals surface area contributed by atoms with Gasteiger partial charge < -0.3 is 24.8 Å². The number of amides is 1. The van der Waals surface area contributed by atoms with E-state index in [-0.39, 0.29) is 12.0 Å². The highest BCUT2D eigenvalue weighted by atomic mass is 16.5. The summed E-state index contributed by atoms with van der Waals surface area (Å²) in [6.45, 7) is 7.51. The van der Waals surface area contributed by atoms with E-state index in [9.17, 15) is 4.79 Å². The van der Waals surface area contributed by atoms with Crippen LogP contribution in [0.4, 0.5) is 11.6 Å². The van der Waals surface area contributed by atoms with Crippen LogP contribution in [0.15, 0.2) is 54.9 Å². The zero-order valence-corrected chi connectivity index (χ0v) is 21.6. The maximum atomic E-state index is 13.0. The number of carbonyl (C=O) groups is 1. The molecule has 4 aromatic rings. The molecule has 5 rings (SSSR count). The SMILES string of the molecule is CCC(CC)Oc1ccnc(-c2ccnc(Nc3ccc4[nH]c(C(=O)N5CCN(C)CC5)cc4c3)n2)c1. The normalized spacial score (nSPS) is 14.3. The van der Waals surface area contributed by atoms with Crippen LogP contribution < -0.4 is 10.1 Å². The fourth-order valence-electron chi connectivity index (χ4n) is 4.47. The first-order chi connectivity index (χ1) is 18.0. The first-order valence-electron chi connectivity index (χ1n) is 12.9. The average molecular weight is 500 g/mol. The van der Waals surface area contributed by atoms with Gasteiger partial charge in [-0.1, -0.05) is 13.8 Å². The number of likely N-dealkylation sites (N-methyl/N-ethyl adjacent to an activating group) is 1. The molecule has 3 aromatic heterocycles. The van der Waals surface area contributed by atoms with Crippen molar-refractivity contribution in [1.82, 2.24) is 29.7 Å². The Bertz CT molecular complexity index is 1370. The molecule has 2 N–H and O–H groups in total. The molecule has 0 radical (unpaired) electrons. The monoisotopic (exact) mass is 499 g/mol. The van der Waals surface area contributed by atoms with Gasteiger partial charge in [-0.3, -0.25) is 9.78 Å². The molecule has 37 heavy (non-hydrogen) atoms. The van der Waals surface area contributed by atoms with Gasteiger partial charge in [-0.15, -0.1) is 0 Å². The molecule has 1 saturated heterocycles. The number of anilines is 2. The van der Waals surface area contributed by atoms with Crippen molar-refractivity contribution < 1.29 is 9.53 Å². The molecule has 9 heteroatoms. The third-order valence-electron chi connectivity index (χ3n) is 6.76. The number of carbonyl (C=O) groups excluding carboxylic acids is 1. The molecule has 0 bridgehead atoms. The van der Waals surface area contributed by atoms with Crippen LogP contribution in [-0.2, 0) is 0 Å². The number of nitrogens with zero attached hydrogens (tertiary/aromatic N) is 5. The topological polar surface area (TPSA) is 99.3 Å². The van der Waals surface area contributed by atoms with Crippen LogP contribution >= 0.6 is 0 Å². The van der Waals surface area contributed by atoms with Gasteiger partial charge in [-0.2, -0.15) is 0 Å². The molecular weight excluding hydrogens is 466 g/mol. The van der Waals surface area contributed by atoms with Crippen molar-refractivity contribution in [2.75, 3.05) is 38.5 Å². The van der Waals surface area contributed by atoms with Gasteiger partial charge in [0.05, 0.1) is 17.5 Å². The standard InChI is InChI=1S/C28H33N7O2/c1-4-21(5-2)37-22-8-10-29-25(18-22)24-9-11-30-28(33-24)31-20-6-7-23-19(16-20)17-26(32-23)27(36)35-14-12-34(3)13-15-35/h6-11,16-18,21,32H,4-5,12-15H2,1-3H3,(H,30,31,33). The van der Waals surface area contributed by atoms with E-state index in [1.807, 2.05) is 47.4 Å². The average Bonchev–Trinajstić information content (AvgIpc) is 3.35.